The van der Waals surface area contributed by atoms with Gasteiger partial charge >= 0.3 is 0 Å². The molecule has 5 rings (SSSR count). The summed E-state index contributed by atoms with van der Waals surface area (Å²) in [6.45, 7) is 5.40. The van der Waals surface area contributed by atoms with Crippen molar-refractivity contribution in [2.75, 3.05) is 6.54 Å². The molecule has 0 amide bonds. The molecule has 1 atom stereocenters. The highest BCUT2D eigenvalue weighted by Crippen LogP contribution is 2.37. The minimum absolute atomic E-state index is 0.379. The summed E-state index contributed by atoms with van der Waals surface area (Å²) in [6.07, 6.45) is 9.28. The Morgan fingerprint density at radius 2 is 1.90 bits per heavy atom. The van der Waals surface area contributed by atoms with E-state index in [2.05, 4.69) is 95.6 Å². The Balaban J connectivity index is 1.59. The molecule has 4 aromatic rings. The summed E-state index contributed by atoms with van der Waals surface area (Å²) >= 11 is 0. The lowest BCUT2D eigenvalue weighted by atomic mass is 9.92. The van der Waals surface area contributed by atoms with Gasteiger partial charge in [-0.3, -0.25) is 4.98 Å². The molecular formula is C28H29N3. The van der Waals surface area contributed by atoms with Gasteiger partial charge < -0.3 is 9.88 Å². The number of aryl methyl sites for hydroxylation is 2. The number of hydrogen-bond acceptors (Lipinski definition) is 2. The van der Waals surface area contributed by atoms with Crippen LogP contribution < -0.4 is 5.32 Å². The lowest BCUT2D eigenvalue weighted by Crippen LogP contribution is -2.30. The molecule has 0 fully saturated rings. The number of hydrogen-bond donors (Lipinski definition) is 1. The third-order valence-electron chi connectivity index (χ3n) is 6.43. The van der Waals surface area contributed by atoms with Crippen LogP contribution in [0.5, 0.6) is 0 Å². The van der Waals surface area contributed by atoms with Crippen LogP contribution in [0.15, 0.2) is 73.1 Å². The third-order valence-corrected chi connectivity index (χ3v) is 6.43. The van der Waals surface area contributed by atoms with Crippen molar-refractivity contribution >= 4 is 22.7 Å². The van der Waals surface area contributed by atoms with E-state index >= 15 is 0 Å². The second kappa shape index (κ2) is 8.52. The number of fused-ring (bicyclic) bond motifs is 3. The number of nitrogens with one attached hydrogen (secondary N) is 1. The van der Waals surface area contributed by atoms with Gasteiger partial charge in [-0.05, 0) is 73.2 Å². The molecule has 3 heteroatoms. The third kappa shape index (κ3) is 3.94. The van der Waals surface area contributed by atoms with E-state index in [0.29, 0.717) is 6.04 Å². The van der Waals surface area contributed by atoms with Crippen molar-refractivity contribution in [2.24, 2.45) is 0 Å². The molecule has 0 saturated carbocycles. The van der Waals surface area contributed by atoms with E-state index < -0.39 is 0 Å². The Morgan fingerprint density at radius 1 is 1.10 bits per heavy atom. The summed E-state index contributed by atoms with van der Waals surface area (Å²) in [5.74, 6) is 0. The smallest absolute Gasteiger partial charge is 0.0529 e. The van der Waals surface area contributed by atoms with E-state index in [1.165, 1.54) is 44.4 Å². The second-order valence-corrected chi connectivity index (χ2v) is 8.58. The molecule has 1 aliphatic rings. The van der Waals surface area contributed by atoms with Gasteiger partial charge in [-0.15, -0.1) is 0 Å². The van der Waals surface area contributed by atoms with E-state index in [0.717, 1.165) is 25.8 Å². The molecule has 3 nitrogen and oxygen atoms in total. The van der Waals surface area contributed by atoms with Crippen LogP contribution in [0.25, 0.3) is 22.7 Å². The average Bonchev–Trinajstić information content (AvgIpc) is 3.12. The van der Waals surface area contributed by atoms with Crippen LogP contribution in [0.1, 0.15) is 47.3 Å². The van der Waals surface area contributed by atoms with Gasteiger partial charge in [0.2, 0.25) is 0 Å². The first-order chi connectivity index (χ1) is 15.2. The zero-order valence-electron chi connectivity index (χ0n) is 18.3. The van der Waals surface area contributed by atoms with Gasteiger partial charge in [0, 0.05) is 48.7 Å². The molecule has 1 N–H and O–H groups in total. The molecular weight excluding hydrogens is 378 g/mol. The van der Waals surface area contributed by atoms with Gasteiger partial charge in [0.15, 0.2) is 0 Å². The number of nitrogens with zero attached hydrogens (tertiary/aromatic N) is 2. The molecule has 0 radical (unpaired) electrons. The van der Waals surface area contributed by atoms with Gasteiger partial charge in [0.25, 0.3) is 0 Å². The molecule has 0 saturated heterocycles. The van der Waals surface area contributed by atoms with Crippen LogP contribution in [-0.4, -0.2) is 16.1 Å². The number of benzene rings is 2. The molecule has 2 aromatic heterocycles. The molecule has 0 bridgehead atoms. The molecule has 1 unspecified atom stereocenters. The highest BCUT2D eigenvalue weighted by atomic mass is 15.0. The summed E-state index contributed by atoms with van der Waals surface area (Å²) in [7, 11) is 0. The fourth-order valence-corrected chi connectivity index (χ4v) is 4.85. The standard InChI is InChI=1S/C28H29N3/c1-20-8-11-26-24(18-20)28-25(10-9-22-6-4-3-5-7-22)30-17-14-27(28)31(26)19-21(2)23-12-15-29-16-13-23/h3-8,11-13,15-16,18-19,25,30H,9-10,14,17H2,1-2H3/b21-19+. The quantitative estimate of drug-likeness (QED) is 0.428. The number of aromatic nitrogens is 2. The highest BCUT2D eigenvalue weighted by molar-refractivity contribution is 5.91. The Bertz CT molecular complexity index is 1220. The van der Waals surface area contributed by atoms with Crippen LogP contribution in [0.2, 0.25) is 0 Å². The van der Waals surface area contributed by atoms with Crippen molar-refractivity contribution in [3.8, 4) is 0 Å². The topological polar surface area (TPSA) is 29.9 Å². The maximum Gasteiger partial charge on any atom is 0.0529 e. The molecule has 3 heterocycles. The van der Waals surface area contributed by atoms with Crippen molar-refractivity contribution in [1.29, 1.82) is 0 Å². The van der Waals surface area contributed by atoms with Crippen LogP contribution in [0.4, 0.5) is 0 Å². The fourth-order valence-electron chi connectivity index (χ4n) is 4.85. The van der Waals surface area contributed by atoms with Gasteiger partial charge in [-0.2, -0.15) is 0 Å². The Kier molecular flexibility index (Phi) is 5.44. The first-order valence-electron chi connectivity index (χ1n) is 11.2. The van der Waals surface area contributed by atoms with Crippen LogP contribution in [0, 0.1) is 6.92 Å². The lowest BCUT2D eigenvalue weighted by molar-refractivity contribution is 0.474. The maximum atomic E-state index is 4.17. The number of rotatable bonds is 5. The molecule has 2 aromatic carbocycles. The largest absolute Gasteiger partial charge is 0.320 e. The van der Waals surface area contributed by atoms with Crippen molar-refractivity contribution < 1.29 is 0 Å². The van der Waals surface area contributed by atoms with E-state index in [1.807, 2.05) is 12.4 Å². The SMILES string of the molecule is C/C(=C\n1c2c(c3cc(C)ccc31)C(CCc1ccccc1)NCC2)c1ccncc1. The normalized spacial score (nSPS) is 16.5. The van der Waals surface area contributed by atoms with E-state index in [9.17, 15) is 0 Å². The van der Waals surface area contributed by atoms with Crippen LogP contribution in [0.3, 0.4) is 0 Å². The van der Waals surface area contributed by atoms with Crippen LogP contribution >= 0.6 is 0 Å². The first-order valence-corrected chi connectivity index (χ1v) is 11.2. The van der Waals surface area contributed by atoms with Gasteiger partial charge in [0.05, 0.1) is 5.52 Å². The summed E-state index contributed by atoms with van der Waals surface area (Å²) < 4.78 is 2.44. The summed E-state index contributed by atoms with van der Waals surface area (Å²) in [4.78, 5) is 4.17. The minimum atomic E-state index is 0.379. The Morgan fingerprint density at radius 3 is 2.71 bits per heavy atom. The lowest BCUT2D eigenvalue weighted by Gasteiger charge is -2.26. The summed E-state index contributed by atoms with van der Waals surface area (Å²) in [5, 5.41) is 5.20. The number of allylic oxidation sites excluding steroid dienone is 1. The highest BCUT2D eigenvalue weighted by Gasteiger charge is 2.26. The first kappa shape index (κ1) is 19.8. The zero-order valence-corrected chi connectivity index (χ0v) is 18.3. The maximum absolute atomic E-state index is 4.17. The Hall–Kier alpha value is -3.17. The van der Waals surface area contributed by atoms with Gasteiger partial charge in [-0.25, -0.2) is 0 Å². The number of pyridine rings is 1. The molecule has 0 spiro atoms. The van der Waals surface area contributed by atoms with Gasteiger partial charge in [-0.1, -0.05) is 42.0 Å². The summed E-state index contributed by atoms with van der Waals surface area (Å²) in [6, 6.07) is 22.3. The predicted molar refractivity (Wildman–Crippen MR) is 130 cm³/mol. The van der Waals surface area contributed by atoms with Crippen molar-refractivity contribution in [3.05, 3.63) is 101 Å². The van der Waals surface area contributed by atoms with E-state index in [-0.39, 0.29) is 0 Å². The fraction of sp³-hybridized carbons (Fsp3) is 0.250. The van der Waals surface area contributed by atoms with E-state index in [4.69, 9.17) is 0 Å². The molecule has 156 valence electrons. The summed E-state index contributed by atoms with van der Waals surface area (Å²) in [5.41, 5.74) is 9.43. The predicted octanol–water partition coefficient (Wildman–Crippen LogP) is 6.18. The molecule has 1 aliphatic heterocycles. The van der Waals surface area contributed by atoms with Crippen LogP contribution in [-0.2, 0) is 12.8 Å². The van der Waals surface area contributed by atoms with Gasteiger partial charge in [0.1, 0.15) is 0 Å². The Labute approximate surface area is 184 Å². The minimum Gasteiger partial charge on any atom is -0.320 e. The van der Waals surface area contributed by atoms with Crippen molar-refractivity contribution in [1.82, 2.24) is 14.9 Å². The average molecular weight is 408 g/mol. The second-order valence-electron chi connectivity index (χ2n) is 8.58. The van der Waals surface area contributed by atoms with Crippen molar-refractivity contribution in [2.45, 2.75) is 39.2 Å². The molecule has 31 heavy (non-hydrogen) atoms. The molecule has 0 aliphatic carbocycles. The zero-order chi connectivity index (χ0) is 21.2. The van der Waals surface area contributed by atoms with Crippen molar-refractivity contribution in [3.63, 3.8) is 0 Å². The monoisotopic (exact) mass is 407 g/mol. The van der Waals surface area contributed by atoms with E-state index in [1.54, 1.807) is 0 Å².